The van der Waals surface area contributed by atoms with E-state index in [0.717, 1.165) is 5.57 Å². The van der Waals surface area contributed by atoms with Crippen molar-refractivity contribution in [1.82, 2.24) is 10.2 Å². The van der Waals surface area contributed by atoms with Crippen LogP contribution in [0.2, 0.25) is 0 Å². The molecule has 3 atom stereocenters. The average molecular weight is 263 g/mol. The summed E-state index contributed by atoms with van der Waals surface area (Å²) in [5.74, 6) is 0. The van der Waals surface area contributed by atoms with Crippen molar-refractivity contribution in [2.75, 3.05) is 13.2 Å². The maximum absolute atomic E-state index is 11.9. The lowest BCUT2D eigenvalue weighted by molar-refractivity contribution is 0.0618. The summed E-state index contributed by atoms with van der Waals surface area (Å²) in [6.45, 7) is 5.69. The van der Waals surface area contributed by atoms with Crippen LogP contribution in [0.4, 0.5) is 4.79 Å². The zero-order chi connectivity index (χ0) is 14.2. The number of nitrogens with zero attached hydrogens (tertiary/aromatic N) is 2. The van der Waals surface area contributed by atoms with E-state index in [4.69, 9.17) is 0 Å². The van der Waals surface area contributed by atoms with Gasteiger partial charge in [0.2, 0.25) is 0 Å². The second-order valence-electron chi connectivity index (χ2n) is 5.08. The number of rotatable bonds is 2. The summed E-state index contributed by atoms with van der Waals surface area (Å²) < 4.78 is 0. The third-order valence-electron chi connectivity index (χ3n) is 3.89. The third kappa shape index (κ3) is 1.91. The highest BCUT2D eigenvalue weighted by atomic mass is 16.3. The van der Waals surface area contributed by atoms with Crippen LogP contribution < -0.4 is 5.32 Å². The summed E-state index contributed by atoms with van der Waals surface area (Å²) >= 11 is 0. The van der Waals surface area contributed by atoms with Crippen LogP contribution in [0.3, 0.4) is 0 Å². The van der Waals surface area contributed by atoms with Crippen molar-refractivity contribution in [1.29, 1.82) is 5.26 Å². The molecule has 2 aliphatic rings. The Balaban J connectivity index is 2.34. The van der Waals surface area contributed by atoms with Crippen molar-refractivity contribution in [2.24, 2.45) is 5.41 Å². The highest BCUT2D eigenvalue weighted by molar-refractivity contribution is 5.78. The monoisotopic (exact) mass is 263 g/mol. The first kappa shape index (κ1) is 13.6. The van der Waals surface area contributed by atoms with Crippen molar-refractivity contribution in [3.63, 3.8) is 0 Å². The second-order valence-corrected chi connectivity index (χ2v) is 5.08. The first-order valence-electron chi connectivity index (χ1n) is 6.09. The first-order chi connectivity index (χ1) is 8.96. The van der Waals surface area contributed by atoms with Gasteiger partial charge in [0, 0.05) is 19.2 Å². The normalized spacial score (nSPS) is 34.8. The number of aliphatic hydroxyl groups is 2. The molecule has 0 aromatic heterocycles. The van der Waals surface area contributed by atoms with Crippen molar-refractivity contribution in [3.8, 4) is 6.07 Å². The molecule has 0 aromatic rings. The van der Waals surface area contributed by atoms with Crippen molar-refractivity contribution in [2.45, 2.75) is 25.5 Å². The molecule has 102 valence electrons. The summed E-state index contributed by atoms with van der Waals surface area (Å²) in [6.07, 6.45) is 0.875. The van der Waals surface area contributed by atoms with E-state index in [2.05, 4.69) is 11.9 Å². The van der Waals surface area contributed by atoms with Gasteiger partial charge in [-0.1, -0.05) is 6.58 Å². The minimum Gasteiger partial charge on any atom is -0.394 e. The lowest BCUT2D eigenvalue weighted by atomic mass is 9.83. The molecule has 0 radical (unpaired) electrons. The van der Waals surface area contributed by atoms with Crippen LogP contribution in [0.15, 0.2) is 23.9 Å². The molecule has 2 rings (SSSR count). The molecule has 0 bridgehead atoms. The van der Waals surface area contributed by atoms with Crippen molar-refractivity contribution < 1.29 is 15.0 Å². The van der Waals surface area contributed by atoms with Gasteiger partial charge in [-0.05, 0) is 18.1 Å². The number of nitrogens with one attached hydrogen (secondary N) is 1. The minimum atomic E-state index is -1.38. The van der Waals surface area contributed by atoms with Crippen molar-refractivity contribution in [3.05, 3.63) is 23.9 Å². The average Bonchev–Trinajstić information content (AvgIpc) is 2.65. The first-order valence-corrected chi connectivity index (χ1v) is 6.09. The van der Waals surface area contributed by atoms with Gasteiger partial charge in [0.25, 0.3) is 0 Å². The van der Waals surface area contributed by atoms with Gasteiger partial charge in [0.1, 0.15) is 5.41 Å². The maximum atomic E-state index is 11.9. The molecular weight excluding hydrogens is 246 g/mol. The molecule has 19 heavy (non-hydrogen) atoms. The summed E-state index contributed by atoms with van der Waals surface area (Å²) in [4.78, 5) is 13.3. The second kappa shape index (κ2) is 4.68. The lowest BCUT2D eigenvalue weighted by Crippen LogP contribution is -2.47. The molecule has 3 N–H and O–H groups in total. The van der Waals surface area contributed by atoms with Crippen LogP contribution in [0, 0.1) is 16.7 Å². The molecule has 0 aromatic carbocycles. The van der Waals surface area contributed by atoms with Gasteiger partial charge < -0.3 is 15.5 Å². The van der Waals surface area contributed by atoms with E-state index < -0.39 is 24.2 Å². The van der Waals surface area contributed by atoms with Gasteiger partial charge in [-0.3, -0.25) is 4.90 Å². The largest absolute Gasteiger partial charge is 0.394 e. The molecule has 1 heterocycles. The Hall–Kier alpha value is -1.84. The summed E-state index contributed by atoms with van der Waals surface area (Å²) in [7, 11) is 0. The molecule has 0 spiro atoms. The fourth-order valence-corrected chi connectivity index (χ4v) is 2.62. The van der Waals surface area contributed by atoms with Crippen LogP contribution in [0.1, 0.15) is 13.3 Å². The zero-order valence-electron chi connectivity index (χ0n) is 10.8. The molecule has 1 aliphatic heterocycles. The molecular formula is C13H17N3O3. The highest BCUT2D eigenvalue weighted by Crippen LogP contribution is 2.44. The standard InChI is InChI=1S/C13H17N3O3/c1-8-4-15-12(19)16(5-8)10-3-11(18)13(6-14,7-17)9(10)2/h5,10-11,17-18H,2-4,7H2,1H3,(H,15,19)/t10-,11-,13-/m0/s1. The highest BCUT2D eigenvalue weighted by Gasteiger charge is 2.52. The molecule has 0 unspecified atom stereocenters. The Kier molecular flexibility index (Phi) is 3.35. The molecule has 0 saturated heterocycles. The van der Waals surface area contributed by atoms with Gasteiger partial charge in [-0.15, -0.1) is 0 Å². The SMILES string of the molecule is C=C1[C@@H](N2C=C(C)CNC2=O)C[C@H](O)[C@@]1(C#N)CO. The smallest absolute Gasteiger partial charge is 0.322 e. The van der Waals surface area contributed by atoms with Gasteiger partial charge >= 0.3 is 6.03 Å². The van der Waals surface area contributed by atoms with Crippen LogP contribution in [-0.2, 0) is 0 Å². The number of amides is 2. The van der Waals surface area contributed by atoms with E-state index in [1.165, 1.54) is 4.90 Å². The van der Waals surface area contributed by atoms with Gasteiger partial charge in [0.05, 0.1) is 24.8 Å². The van der Waals surface area contributed by atoms with Gasteiger partial charge in [-0.25, -0.2) is 4.79 Å². The molecule has 1 saturated carbocycles. The van der Waals surface area contributed by atoms with Crippen LogP contribution in [0.5, 0.6) is 0 Å². The maximum Gasteiger partial charge on any atom is 0.322 e. The third-order valence-corrected chi connectivity index (χ3v) is 3.89. The number of carbonyl (C=O) groups excluding carboxylic acids is 1. The van der Waals surface area contributed by atoms with E-state index in [-0.39, 0.29) is 12.5 Å². The molecule has 6 heteroatoms. The fourth-order valence-electron chi connectivity index (χ4n) is 2.62. The van der Waals surface area contributed by atoms with E-state index in [1.54, 1.807) is 6.20 Å². The number of hydrogen-bond acceptors (Lipinski definition) is 4. The predicted octanol–water partition coefficient (Wildman–Crippen LogP) is 0.107. The quantitative estimate of drug-likeness (QED) is 0.616. The molecule has 1 fully saturated rings. The fraction of sp³-hybridized carbons (Fsp3) is 0.538. The Bertz CT molecular complexity index is 494. The van der Waals surface area contributed by atoms with Crippen LogP contribution >= 0.6 is 0 Å². The topological polar surface area (TPSA) is 96.6 Å². The molecule has 2 amide bonds. The zero-order valence-corrected chi connectivity index (χ0v) is 10.8. The van der Waals surface area contributed by atoms with E-state index in [9.17, 15) is 20.3 Å². The minimum absolute atomic E-state index is 0.199. The summed E-state index contributed by atoms with van der Waals surface area (Å²) in [6, 6.07) is 1.19. The predicted molar refractivity (Wildman–Crippen MR) is 67.7 cm³/mol. The number of nitriles is 1. The van der Waals surface area contributed by atoms with E-state index >= 15 is 0 Å². The number of urea groups is 1. The summed E-state index contributed by atoms with van der Waals surface area (Å²) in [5, 5.41) is 31.4. The van der Waals surface area contributed by atoms with Gasteiger partial charge in [0.15, 0.2) is 0 Å². The number of hydrogen-bond donors (Lipinski definition) is 3. The molecule has 1 aliphatic carbocycles. The van der Waals surface area contributed by atoms with Crippen LogP contribution in [0.25, 0.3) is 0 Å². The number of aliphatic hydroxyl groups excluding tert-OH is 2. The number of carbonyl (C=O) groups is 1. The Morgan fingerprint density at radius 1 is 1.74 bits per heavy atom. The van der Waals surface area contributed by atoms with Crippen LogP contribution in [-0.4, -0.2) is 46.4 Å². The van der Waals surface area contributed by atoms with E-state index in [0.29, 0.717) is 12.1 Å². The summed E-state index contributed by atoms with van der Waals surface area (Å²) in [5.41, 5.74) is -0.0316. The van der Waals surface area contributed by atoms with Gasteiger partial charge in [-0.2, -0.15) is 5.26 Å². The molecule has 6 nitrogen and oxygen atoms in total. The Labute approximate surface area is 111 Å². The Morgan fingerprint density at radius 3 is 2.95 bits per heavy atom. The lowest BCUT2D eigenvalue weighted by Gasteiger charge is -2.32. The Morgan fingerprint density at radius 2 is 2.42 bits per heavy atom. The van der Waals surface area contributed by atoms with Crippen molar-refractivity contribution >= 4 is 6.03 Å². The van der Waals surface area contributed by atoms with E-state index in [1.807, 2.05) is 13.0 Å².